The number of aromatic nitrogens is 4. The predicted molar refractivity (Wildman–Crippen MR) is 70.9 cm³/mol. The second-order valence-corrected chi connectivity index (χ2v) is 5.34. The van der Waals surface area contributed by atoms with E-state index in [1.807, 2.05) is 17.5 Å². The molecule has 1 saturated heterocycles. The maximum atomic E-state index is 5.57. The number of tetrazole rings is 1. The molecule has 1 unspecified atom stereocenters. The molecular formula is C12H16N4O2S. The molecular weight excluding hydrogens is 264 g/mol. The number of hydrogen-bond acceptors (Lipinski definition) is 6. The molecule has 7 heteroatoms. The summed E-state index contributed by atoms with van der Waals surface area (Å²) in [7, 11) is 0. The summed E-state index contributed by atoms with van der Waals surface area (Å²) < 4.78 is 11.1. The third-order valence-electron chi connectivity index (χ3n) is 2.96. The Balaban J connectivity index is 1.43. The first kappa shape index (κ1) is 12.7. The highest BCUT2D eigenvalue weighted by Crippen LogP contribution is 2.19. The van der Waals surface area contributed by atoms with Crippen LogP contribution in [0.5, 0.6) is 0 Å². The average Bonchev–Trinajstić information content (AvgIpc) is 3.15. The topological polar surface area (TPSA) is 62.1 Å². The van der Waals surface area contributed by atoms with Crippen LogP contribution in [0.3, 0.4) is 0 Å². The van der Waals surface area contributed by atoms with Crippen molar-refractivity contribution < 1.29 is 9.47 Å². The first-order chi connectivity index (χ1) is 9.42. The van der Waals surface area contributed by atoms with Gasteiger partial charge in [0.2, 0.25) is 5.82 Å². The van der Waals surface area contributed by atoms with Crippen molar-refractivity contribution in [2.75, 3.05) is 19.8 Å². The minimum Gasteiger partial charge on any atom is -0.377 e. The van der Waals surface area contributed by atoms with Gasteiger partial charge in [0.05, 0.1) is 30.7 Å². The highest BCUT2D eigenvalue weighted by molar-refractivity contribution is 7.13. The Morgan fingerprint density at radius 3 is 3.32 bits per heavy atom. The van der Waals surface area contributed by atoms with Crippen LogP contribution in [0.1, 0.15) is 12.8 Å². The van der Waals surface area contributed by atoms with Gasteiger partial charge in [-0.1, -0.05) is 6.07 Å². The van der Waals surface area contributed by atoms with Crippen molar-refractivity contribution in [2.45, 2.75) is 25.5 Å². The molecule has 6 nitrogen and oxygen atoms in total. The van der Waals surface area contributed by atoms with Crippen molar-refractivity contribution in [1.29, 1.82) is 0 Å². The van der Waals surface area contributed by atoms with Crippen LogP contribution in [0.15, 0.2) is 17.5 Å². The van der Waals surface area contributed by atoms with Gasteiger partial charge >= 0.3 is 0 Å². The van der Waals surface area contributed by atoms with Crippen LogP contribution in [0, 0.1) is 0 Å². The molecule has 2 aromatic rings. The molecule has 0 radical (unpaired) electrons. The molecule has 0 spiro atoms. The van der Waals surface area contributed by atoms with Gasteiger partial charge < -0.3 is 9.47 Å². The Kier molecular flexibility index (Phi) is 4.16. The molecule has 1 aliphatic heterocycles. The molecule has 0 bridgehead atoms. The Labute approximate surface area is 115 Å². The Hall–Kier alpha value is -1.31. The van der Waals surface area contributed by atoms with E-state index in [2.05, 4.69) is 15.4 Å². The lowest BCUT2D eigenvalue weighted by atomic mass is 10.2. The molecule has 1 aliphatic rings. The lowest BCUT2D eigenvalue weighted by molar-refractivity contribution is 0.0133. The van der Waals surface area contributed by atoms with Crippen LogP contribution in [-0.2, 0) is 16.0 Å². The van der Waals surface area contributed by atoms with E-state index in [0.29, 0.717) is 25.6 Å². The van der Waals surface area contributed by atoms with Crippen LogP contribution >= 0.6 is 11.3 Å². The van der Waals surface area contributed by atoms with Crippen molar-refractivity contribution in [2.24, 2.45) is 0 Å². The Morgan fingerprint density at radius 1 is 1.53 bits per heavy atom. The first-order valence-corrected chi connectivity index (χ1v) is 7.31. The zero-order valence-electron chi connectivity index (χ0n) is 10.6. The molecule has 3 rings (SSSR count). The fraction of sp³-hybridized carbons (Fsp3) is 0.583. The summed E-state index contributed by atoms with van der Waals surface area (Å²) in [5.74, 6) is 0.675. The van der Waals surface area contributed by atoms with Gasteiger partial charge in [-0.05, 0) is 29.5 Å². The third-order valence-corrected chi connectivity index (χ3v) is 3.82. The van der Waals surface area contributed by atoms with Gasteiger partial charge in [0.1, 0.15) is 0 Å². The van der Waals surface area contributed by atoms with Crippen molar-refractivity contribution in [3.8, 4) is 10.7 Å². The fourth-order valence-electron chi connectivity index (χ4n) is 1.98. The number of rotatable bonds is 6. The second kappa shape index (κ2) is 6.23. The van der Waals surface area contributed by atoms with Gasteiger partial charge in [-0.2, -0.15) is 4.80 Å². The maximum Gasteiger partial charge on any atom is 0.214 e. The van der Waals surface area contributed by atoms with Crippen molar-refractivity contribution in [3.05, 3.63) is 17.5 Å². The molecule has 1 fully saturated rings. The average molecular weight is 280 g/mol. The van der Waals surface area contributed by atoms with Gasteiger partial charge in [-0.15, -0.1) is 21.5 Å². The van der Waals surface area contributed by atoms with Gasteiger partial charge in [-0.3, -0.25) is 0 Å². The minimum absolute atomic E-state index is 0.269. The van der Waals surface area contributed by atoms with Gasteiger partial charge in [0, 0.05) is 6.61 Å². The molecule has 0 aromatic carbocycles. The number of hydrogen-bond donors (Lipinski definition) is 0. The summed E-state index contributed by atoms with van der Waals surface area (Å²) >= 11 is 1.61. The van der Waals surface area contributed by atoms with E-state index in [9.17, 15) is 0 Å². The van der Waals surface area contributed by atoms with Crippen LogP contribution in [0.25, 0.3) is 10.7 Å². The molecule has 3 heterocycles. The van der Waals surface area contributed by atoms with Crippen molar-refractivity contribution in [3.63, 3.8) is 0 Å². The van der Waals surface area contributed by atoms with E-state index in [0.717, 1.165) is 24.3 Å². The van der Waals surface area contributed by atoms with Crippen molar-refractivity contribution in [1.82, 2.24) is 20.2 Å². The molecule has 2 aromatic heterocycles. The second-order valence-electron chi connectivity index (χ2n) is 4.40. The van der Waals surface area contributed by atoms with E-state index in [-0.39, 0.29) is 6.10 Å². The van der Waals surface area contributed by atoms with Gasteiger partial charge in [-0.25, -0.2) is 0 Å². The standard InChI is InChI=1S/C12H16N4O2S/c1-3-10(18-6-1)9-17-7-5-16-14-12(13-15-16)11-4-2-8-19-11/h2,4,8,10H,1,3,5-7,9H2. The summed E-state index contributed by atoms with van der Waals surface area (Å²) in [5, 5.41) is 14.4. The number of thiophene rings is 1. The first-order valence-electron chi connectivity index (χ1n) is 6.43. The summed E-state index contributed by atoms with van der Waals surface area (Å²) in [4.78, 5) is 2.61. The quantitative estimate of drug-likeness (QED) is 0.752. The van der Waals surface area contributed by atoms with E-state index in [1.54, 1.807) is 16.1 Å². The molecule has 19 heavy (non-hydrogen) atoms. The Bertz CT molecular complexity index is 494. The lowest BCUT2D eigenvalue weighted by Crippen LogP contribution is -2.17. The van der Waals surface area contributed by atoms with Gasteiger partial charge in [0.25, 0.3) is 0 Å². The van der Waals surface area contributed by atoms with Crippen molar-refractivity contribution >= 4 is 11.3 Å². The fourth-order valence-corrected chi connectivity index (χ4v) is 2.63. The van der Waals surface area contributed by atoms with Gasteiger partial charge in [0.15, 0.2) is 0 Å². The molecule has 102 valence electrons. The SMILES string of the molecule is c1csc(-c2nnn(CCOCC3CCCO3)n2)c1. The molecule has 0 N–H and O–H groups in total. The highest BCUT2D eigenvalue weighted by Gasteiger charge is 2.15. The highest BCUT2D eigenvalue weighted by atomic mass is 32.1. The zero-order valence-corrected chi connectivity index (χ0v) is 11.4. The number of ether oxygens (including phenoxy) is 2. The number of nitrogens with zero attached hydrogens (tertiary/aromatic N) is 4. The normalized spacial score (nSPS) is 19.1. The van der Waals surface area contributed by atoms with E-state index < -0.39 is 0 Å². The molecule has 1 atom stereocenters. The summed E-state index contributed by atoms with van der Waals surface area (Å²) in [6.45, 7) is 2.72. The van der Waals surface area contributed by atoms with Crippen LogP contribution < -0.4 is 0 Å². The minimum atomic E-state index is 0.269. The van der Waals surface area contributed by atoms with E-state index >= 15 is 0 Å². The van der Waals surface area contributed by atoms with Crippen LogP contribution in [-0.4, -0.2) is 46.1 Å². The zero-order chi connectivity index (χ0) is 12.9. The monoisotopic (exact) mass is 280 g/mol. The van der Waals surface area contributed by atoms with E-state index in [1.165, 1.54) is 0 Å². The summed E-state index contributed by atoms with van der Waals surface area (Å²) in [6, 6.07) is 3.96. The third kappa shape index (κ3) is 3.37. The van der Waals surface area contributed by atoms with Crippen LogP contribution in [0.4, 0.5) is 0 Å². The molecule has 0 saturated carbocycles. The molecule has 0 amide bonds. The van der Waals surface area contributed by atoms with Crippen LogP contribution in [0.2, 0.25) is 0 Å². The lowest BCUT2D eigenvalue weighted by Gasteiger charge is -2.09. The predicted octanol–water partition coefficient (Wildman–Crippen LogP) is 1.60. The summed E-state index contributed by atoms with van der Waals surface area (Å²) in [6.07, 6.45) is 2.51. The smallest absolute Gasteiger partial charge is 0.214 e. The largest absolute Gasteiger partial charge is 0.377 e. The van der Waals surface area contributed by atoms with E-state index in [4.69, 9.17) is 9.47 Å². The Morgan fingerprint density at radius 2 is 2.53 bits per heavy atom. The maximum absolute atomic E-state index is 5.57. The molecule has 0 aliphatic carbocycles. The summed E-state index contributed by atoms with van der Waals surface area (Å²) in [5.41, 5.74) is 0.